The zero-order chi connectivity index (χ0) is 12.4. The van der Waals surface area contributed by atoms with E-state index in [0.717, 1.165) is 0 Å². The molecule has 0 aliphatic carbocycles. The van der Waals surface area contributed by atoms with Crippen molar-refractivity contribution in [3.8, 4) is 0 Å². The van der Waals surface area contributed by atoms with Gasteiger partial charge in [-0.25, -0.2) is 0 Å². The number of halogens is 1. The Morgan fingerprint density at radius 1 is 0.875 bits per heavy atom. The molecule has 0 aromatic heterocycles. The van der Waals surface area contributed by atoms with Crippen molar-refractivity contribution < 1.29 is 18.9 Å². The molecule has 98 valence electrons. The maximum absolute atomic E-state index is 5.60. The lowest BCUT2D eigenvalue weighted by Gasteiger charge is -2.35. The summed E-state index contributed by atoms with van der Waals surface area (Å²) in [6.45, 7) is 10.4. The first-order valence-electron chi connectivity index (χ1n) is 5.80. The van der Waals surface area contributed by atoms with Crippen LogP contribution in [-0.2, 0) is 18.9 Å². The zero-order valence-electron chi connectivity index (χ0n) is 10.6. The highest BCUT2D eigenvalue weighted by Gasteiger charge is 2.41. The highest BCUT2D eigenvalue weighted by Crippen LogP contribution is 2.26. The minimum atomic E-state index is -1.05. The number of rotatable bonds is 10. The quantitative estimate of drug-likeness (QED) is 0.459. The van der Waals surface area contributed by atoms with Crippen LogP contribution >= 0.6 is 15.9 Å². The van der Waals surface area contributed by atoms with Crippen LogP contribution in [0, 0.1) is 0 Å². The van der Waals surface area contributed by atoms with Gasteiger partial charge in [-0.3, -0.25) is 0 Å². The van der Waals surface area contributed by atoms with Crippen molar-refractivity contribution >= 4 is 15.9 Å². The third-order valence-electron chi connectivity index (χ3n) is 1.89. The molecule has 0 heterocycles. The molecule has 0 fully saturated rings. The average Bonchev–Trinajstić information content (AvgIpc) is 2.26. The third-order valence-corrected chi connectivity index (χ3v) is 2.71. The summed E-state index contributed by atoms with van der Waals surface area (Å²) in [5.41, 5.74) is 0. The van der Waals surface area contributed by atoms with Gasteiger partial charge in [0.2, 0.25) is 0 Å². The molecule has 0 rings (SSSR count). The second-order valence-corrected chi connectivity index (χ2v) is 4.13. The Labute approximate surface area is 107 Å². The third kappa shape index (κ3) is 5.10. The first kappa shape index (κ1) is 16.3. The monoisotopic (exact) mass is 298 g/mol. The fourth-order valence-electron chi connectivity index (χ4n) is 1.32. The van der Waals surface area contributed by atoms with Gasteiger partial charge in [0.1, 0.15) is 4.83 Å². The summed E-state index contributed by atoms with van der Waals surface area (Å²) in [5, 5.41) is 0. The first-order chi connectivity index (χ1) is 7.66. The predicted molar refractivity (Wildman–Crippen MR) is 66.8 cm³/mol. The van der Waals surface area contributed by atoms with Gasteiger partial charge in [0.25, 0.3) is 5.97 Å². The van der Waals surface area contributed by atoms with E-state index in [-0.39, 0.29) is 4.83 Å². The number of hydrogen-bond acceptors (Lipinski definition) is 4. The molecule has 0 spiro atoms. The van der Waals surface area contributed by atoms with Crippen molar-refractivity contribution in [2.75, 3.05) is 33.0 Å². The van der Waals surface area contributed by atoms with Gasteiger partial charge < -0.3 is 18.9 Å². The van der Waals surface area contributed by atoms with Gasteiger partial charge in [-0.1, -0.05) is 15.9 Å². The second kappa shape index (κ2) is 9.36. The Morgan fingerprint density at radius 2 is 1.31 bits per heavy atom. The van der Waals surface area contributed by atoms with E-state index in [0.29, 0.717) is 33.0 Å². The van der Waals surface area contributed by atoms with E-state index in [1.807, 2.05) is 27.7 Å². The van der Waals surface area contributed by atoms with Crippen LogP contribution in [-0.4, -0.2) is 43.8 Å². The topological polar surface area (TPSA) is 36.9 Å². The SMILES string of the molecule is CCOCC(Br)C(OCC)(OCC)OCC. The first-order valence-corrected chi connectivity index (χ1v) is 6.71. The van der Waals surface area contributed by atoms with Crippen molar-refractivity contribution in [2.24, 2.45) is 0 Å². The average molecular weight is 299 g/mol. The molecule has 4 nitrogen and oxygen atoms in total. The summed E-state index contributed by atoms with van der Waals surface area (Å²) in [7, 11) is 0. The van der Waals surface area contributed by atoms with Gasteiger partial charge in [0.15, 0.2) is 0 Å². The van der Waals surface area contributed by atoms with E-state index < -0.39 is 5.97 Å². The highest BCUT2D eigenvalue weighted by molar-refractivity contribution is 9.09. The lowest BCUT2D eigenvalue weighted by molar-refractivity contribution is -0.377. The summed E-state index contributed by atoms with van der Waals surface area (Å²) < 4.78 is 22.1. The predicted octanol–water partition coefficient (Wildman–Crippen LogP) is 2.55. The molecular weight excluding hydrogens is 276 g/mol. The van der Waals surface area contributed by atoms with E-state index in [9.17, 15) is 0 Å². The minimum Gasteiger partial charge on any atom is -0.380 e. The normalized spacial score (nSPS) is 14.1. The molecule has 0 amide bonds. The summed E-state index contributed by atoms with van der Waals surface area (Å²) in [4.78, 5) is -0.153. The summed E-state index contributed by atoms with van der Waals surface area (Å²) in [5.74, 6) is -1.05. The molecule has 0 saturated carbocycles. The highest BCUT2D eigenvalue weighted by atomic mass is 79.9. The van der Waals surface area contributed by atoms with Crippen molar-refractivity contribution in [3.05, 3.63) is 0 Å². The molecule has 0 aliphatic rings. The van der Waals surface area contributed by atoms with E-state index in [4.69, 9.17) is 18.9 Å². The molecule has 0 aromatic carbocycles. The molecule has 0 N–H and O–H groups in total. The van der Waals surface area contributed by atoms with E-state index in [2.05, 4.69) is 15.9 Å². The molecular formula is C11H23BrO4. The number of hydrogen-bond donors (Lipinski definition) is 0. The maximum atomic E-state index is 5.60. The van der Waals surface area contributed by atoms with Gasteiger partial charge in [0.05, 0.1) is 6.61 Å². The van der Waals surface area contributed by atoms with Crippen LogP contribution in [0.2, 0.25) is 0 Å². The van der Waals surface area contributed by atoms with Crippen LogP contribution in [0.3, 0.4) is 0 Å². The summed E-state index contributed by atoms with van der Waals surface area (Å²) in [6, 6.07) is 0. The van der Waals surface area contributed by atoms with Crippen molar-refractivity contribution in [1.82, 2.24) is 0 Å². The lowest BCUT2D eigenvalue weighted by Crippen LogP contribution is -2.49. The summed E-state index contributed by atoms with van der Waals surface area (Å²) >= 11 is 3.51. The number of ether oxygens (including phenoxy) is 4. The minimum absolute atomic E-state index is 0.153. The van der Waals surface area contributed by atoms with E-state index >= 15 is 0 Å². The van der Waals surface area contributed by atoms with Gasteiger partial charge in [-0.2, -0.15) is 0 Å². The fourth-order valence-corrected chi connectivity index (χ4v) is 1.91. The van der Waals surface area contributed by atoms with Crippen molar-refractivity contribution in [1.29, 1.82) is 0 Å². The van der Waals surface area contributed by atoms with E-state index in [1.165, 1.54) is 0 Å². The van der Waals surface area contributed by atoms with Gasteiger partial charge in [-0.15, -0.1) is 0 Å². The molecule has 0 bridgehead atoms. The molecule has 0 aromatic rings. The van der Waals surface area contributed by atoms with Crippen LogP contribution in [0.15, 0.2) is 0 Å². The van der Waals surface area contributed by atoms with Crippen molar-refractivity contribution in [2.45, 2.75) is 38.5 Å². The summed E-state index contributed by atoms with van der Waals surface area (Å²) in [6.07, 6.45) is 0. The largest absolute Gasteiger partial charge is 0.380 e. The Balaban J connectivity index is 4.54. The van der Waals surface area contributed by atoms with Crippen LogP contribution in [0.25, 0.3) is 0 Å². The molecule has 0 aliphatic heterocycles. The Morgan fingerprint density at radius 3 is 1.62 bits per heavy atom. The Bertz CT molecular complexity index is 149. The van der Waals surface area contributed by atoms with Gasteiger partial charge >= 0.3 is 0 Å². The van der Waals surface area contributed by atoms with Crippen LogP contribution < -0.4 is 0 Å². The second-order valence-electron chi connectivity index (χ2n) is 3.03. The van der Waals surface area contributed by atoms with Gasteiger partial charge in [-0.05, 0) is 27.7 Å². The molecule has 1 unspecified atom stereocenters. The standard InChI is InChI=1S/C11H23BrO4/c1-5-13-9-10(12)11(14-6-2,15-7-3)16-8-4/h10H,5-9H2,1-4H3. The zero-order valence-corrected chi connectivity index (χ0v) is 12.2. The van der Waals surface area contributed by atoms with Gasteiger partial charge in [0, 0.05) is 26.4 Å². The van der Waals surface area contributed by atoms with Crippen LogP contribution in [0.4, 0.5) is 0 Å². The number of alkyl halides is 1. The van der Waals surface area contributed by atoms with E-state index in [1.54, 1.807) is 0 Å². The maximum Gasteiger partial charge on any atom is 0.298 e. The Kier molecular flexibility index (Phi) is 9.55. The van der Waals surface area contributed by atoms with Crippen molar-refractivity contribution in [3.63, 3.8) is 0 Å². The molecule has 0 saturated heterocycles. The smallest absolute Gasteiger partial charge is 0.298 e. The fraction of sp³-hybridized carbons (Fsp3) is 1.00. The molecule has 0 radical (unpaired) electrons. The molecule has 1 atom stereocenters. The van der Waals surface area contributed by atoms with Crippen LogP contribution in [0.5, 0.6) is 0 Å². The molecule has 16 heavy (non-hydrogen) atoms. The Hall–Kier alpha value is 0.320. The lowest BCUT2D eigenvalue weighted by atomic mass is 10.3. The van der Waals surface area contributed by atoms with Crippen LogP contribution in [0.1, 0.15) is 27.7 Å². The molecule has 5 heteroatoms.